The molecule has 112 valence electrons. The van der Waals surface area contributed by atoms with Crippen molar-refractivity contribution < 1.29 is 19.4 Å². The zero-order valence-electron chi connectivity index (χ0n) is 12.2. The fourth-order valence-electron chi connectivity index (χ4n) is 1.88. The summed E-state index contributed by atoms with van der Waals surface area (Å²) in [7, 11) is 1.31. The molecule has 1 N–H and O–H groups in total. The second-order valence-electron chi connectivity index (χ2n) is 4.43. The summed E-state index contributed by atoms with van der Waals surface area (Å²) < 4.78 is 10.4. The summed E-state index contributed by atoms with van der Waals surface area (Å²) in [6.07, 6.45) is 0. The van der Waals surface area contributed by atoms with Crippen molar-refractivity contribution in [3.8, 4) is 17.6 Å². The third-order valence-electron chi connectivity index (χ3n) is 2.95. The molecule has 0 bridgehead atoms. The third-order valence-corrected chi connectivity index (χ3v) is 2.95. The molecule has 2 rings (SSSR count). The lowest BCUT2D eigenvalue weighted by Gasteiger charge is -2.09. The second kappa shape index (κ2) is 7.87. The van der Waals surface area contributed by atoms with Gasteiger partial charge in [-0.05, 0) is 23.8 Å². The monoisotopic (exact) mass is 296 g/mol. The Labute approximate surface area is 129 Å². The van der Waals surface area contributed by atoms with Gasteiger partial charge in [0, 0.05) is 5.56 Å². The van der Waals surface area contributed by atoms with E-state index in [-0.39, 0.29) is 6.61 Å². The largest absolute Gasteiger partial charge is 0.489 e. The number of benzene rings is 2. The van der Waals surface area contributed by atoms with E-state index in [4.69, 9.17) is 14.6 Å². The van der Waals surface area contributed by atoms with E-state index < -0.39 is 5.97 Å². The predicted octanol–water partition coefficient (Wildman–Crippen LogP) is 2.40. The Bertz CT molecular complexity index is 696. The lowest BCUT2D eigenvalue weighted by molar-refractivity contribution is 0.0600. The van der Waals surface area contributed by atoms with Gasteiger partial charge in [0.25, 0.3) is 0 Å². The molecule has 2 aromatic rings. The first kappa shape index (κ1) is 15.6. The molecule has 0 saturated carbocycles. The van der Waals surface area contributed by atoms with E-state index in [1.807, 2.05) is 30.3 Å². The van der Waals surface area contributed by atoms with Crippen molar-refractivity contribution in [3.05, 3.63) is 65.2 Å². The van der Waals surface area contributed by atoms with Crippen molar-refractivity contribution in [3.63, 3.8) is 0 Å². The van der Waals surface area contributed by atoms with E-state index in [2.05, 4.69) is 11.8 Å². The van der Waals surface area contributed by atoms with Crippen LogP contribution in [0.25, 0.3) is 0 Å². The first-order valence-electron chi connectivity index (χ1n) is 6.73. The maximum absolute atomic E-state index is 11.8. The van der Waals surface area contributed by atoms with Crippen molar-refractivity contribution in [1.82, 2.24) is 0 Å². The molecule has 4 heteroatoms. The van der Waals surface area contributed by atoms with E-state index in [1.54, 1.807) is 18.2 Å². The molecule has 0 spiro atoms. The van der Waals surface area contributed by atoms with Crippen LogP contribution >= 0.6 is 0 Å². The van der Waals surface area contributed by atoms with Crippen LogP contribution in [0.3, 0.4) is 0 Å². The van der Waals surface area contributed by atoms with Gasteiger partial charge < -0.3 is 14.6 Å². The molecule has 0 radical (unpaired) electrons. The van der Waals surface area contributed by atoms with Crippen LogP contribution in [0.5, 0.6) is 5.75 Å². The number of hydrogen-bond donors (Lipinski definition) is 1. The number of carbonyl (C=O) groups is 1. The molecule has 0 saturated heterocycles. The van der Waals surface area contributed by atoms with E-state index in [0.29, 0.717) is 23.5 Å². The van der Waals surface area contributed by atoms with Crippen LogP contribution in [0.4, 0.5) is 0 Å². The molecule has 0 unspecified atom stereocenters. The fraction of sp³-hybridized carbons (Fsp3) is 0.167. The number of methoxy groups -OCH3 is 1. The first-order valence-corrected chi connectivity index (χ1v) is 6.73. The quantitative estimate of drug-likeness (QED) is 0.695. The number of aliphatic hydroxyl groups is 1. The second-order valence-corrected chi connectivity index (χ2v) is 4.43. The summed E-state index contributed by atoms with van der Waals surface area (Å²) in [6.45, 7) is 0.135. The first-order chi connectivity index (χ1) is 10.7. The van der Waals surface area contributed by atoms with Crippen molar-refractivity contribution in [2.75, 3.05) is 13.7 Å². The van der Waals surface area contributed by atoms with Crippen LogP contribution in [-0.4, -0.2) is 24.8 Å². The molecule has 0 aliphatic rings. The van der Waals surface area contributed by atoms with Crippen LogP contribution in [-0.2, 0) is 11.3 Å². The molecular formula is C18H16O4. The number of hydrogen-bond acceptors (Lipinski definition) is 4. The molecule has 2 aromatic carbocycles. The molecule has 0 heterocycles. The highest BCUT2D eigenvalue weighted by Crippen LogP contribution is 2.19. The number of aliphatic hydroxyl groups excluding tert-OH is 1. The summed E-state index contributed by atoms with van der Waals surface area (Å²) in [5.41, 5.74) is 1.84. The SMILES string of the molecule is COC(=O)c1cc(OCc2ccccc2)ccc1C#CCO. The van der Waals surface area contributed by atoms with E-state index in [1.165, 1.54) is 7.11 Å². The van der Waals surface area contributed by atoms with Gasteiger partial charge in [0.1, 0.15) is 19.0 Å². The highest BCUT2D eigenvalue weighted by atomic mass is 16.5. The van der Waals surface area contributed by atoms with Gasteiger partial charge in [-0.25, -0.2) is 4.79 Å². The lowest BCUT2D eigenvalue weighted by atomic mass is 10.1. The van der Waals surface area contributed by atoms with E-state index in [0.717, 1.165) is 5.56 Å². The molecule has 0 fully saturated rings. The van der Waals surface area contributed by atoms with Crippen LogP contribution in [0.2, 0.25) is 0 Å². The van der Waals surface area contributed by atoms with Gasteiger partial charge in [-0.2, -0.15) is 0 Å². The summed E-state index contributed by atoms with van der Waals surface area (Å²) >= 11 is 0. The van der Waals surface area contributed by atoms with Gasteiger partial charge >= 0.3 is 5.97 Å². The van der Waals surface area contributed by atoms with Gasteiger partial charge in [-0.3, -0.25) is 0 Å². The number of rotatable bonds is 4. The van der Waals surface area contributed by atoms with Gasteiger partial charge in [0.2, 0.25) is 0 Å². The number of esters is 1. The Balaban J connectivity index is 2.21. The van der Waals surface area contributed by atoms with Gasteiger partial charge in [0.15, 0.2) is 0 Å². The van der Waals surface area contributed by atoms with Crippen molar-refractivity contribution in [2.45, 2.75) is 6.61 Å². The maximum Gasteiger partial charge on any atom is 0.339 e. The Kier molecular flexibility index (Phi) is 5.58. The topological polar surface area (TPSA) is 55.8 Å². The van der Waals surface area contributed by atoms with Crippen molar-refractivity contribution >= 4 is 5.97 Å². The summed E-state index contributed by atoms with van der Waals surface area (Å²) in [5.74, 6) is 5.30. The fourth-order valence-corrected chi connectivity index (χ4v) is 1.88. The van der Waals surface area contributed by atoms with Crippen LogP contribution in [0, 0.1) is 11.8 Å². The average Bonchev–Trinajstić information content (AvgIpc) is 2.58. The molecular weight excluding hydrogens is 280 g/mol. The zero-order chi connectivity index (χ0) is 15.8. The van der Waals surface area contributed by atoms with E-state index >= 15 is 0 Å². The summed E-state index contributed by atoms with van der Waals surface area (Å²) in [4.78, 5) is 11.8. The van der Waals surface area contributed by atoms with Gasteiger partial charge in [-0.1, -0.05) is 42.2 Å². The molecule has 4 nitrogen and oxygen atoms in total. The van der Waals surface area contributed by atoms with Crippen LogP contribution < -0.4 is 4.74 Å². The van der Waals surface area contributed by atoms with Gasteiger partial charge in [0.05, 0.1) is 12.7 Å². The third kappa shape index (κ3) is 4.11. The highest BCUT2D eigenvalue weighted by Gasteiger charge is 2.12. The van der Waals surface area contributed by atoms with E-state index in [9.17, 15) is 4.79 Å². The Morgan fingerprint density at radius 3 is 2.64 bits per heavy atom. The smallest absolute Gasteiger partial charge is 0.339 e. The van der Waals surface area contributed by atoms with Crippen molar-refractivity contribution in [1.29, 1.82) is 0 Å². The standard InChI is InChI=1S/C18H16O4/c1-21-18(20)17-12-16(10-9-15(17)8-5-11-19)22-13-14-6-3-2-4-7-14/h2-4,6-7,9-10,12,19H,11,13H2,1H3. The predicted molar refractivity (Wildman–Crippen MR) is 82.5 cm³/mol. The average molecular weight is 296 g/mol. The number of ether oxygens (including phenoxy) is 2. The zero-order valence-corrected chi connectivity index (χ0v) is 12.2. The minimum absolute atomic E-state index is 0.271. The highest BCUT2D eigenvalue weighted by molar-refractivity contribution is 5.92. The minimum atomic E-state index is -0.493. The summed E-state index contributed by atoms with van der Waals surface area (Å²) in [5, 5.41) is 8.76. The Hall–Kier alpha value is -2.77. The molecule has 0 aromatic heterocycles. The van der Waals surface area contributed by atoms with Gasteiger partial charge in [-0.15, -0.1) is 0 Å². The molecule has 0 atom stereocenters. The molecule has 0 amide bonds. The number of carbonyl (C=O) groups excluding carboxylic acids is 1. The Morgan fingerprint density at radius 1 is 1.18 bits per heavy atom. The maximum atomic E-state index is 11.8. The molecule has 0 aliphatic heterocycles. The normalized spacial score (nSPS) is 9.55. The summed E-state index contributed by atoms with van der Waals surface area (Å²) in [6, 6.07) is 14.7. The van der Waals surface area contributed by atoms with Crippen LogP contribution in [0.15, 0.2) is 48.5 Å². The van der Waals surface area contributed by atoms with Crippen molar-refractivity contribution in [2.24, 2.45) is 0 Å². The molecule has 22 heavy (non-hydrogen) atoms. The minimum Gasteiger partial charge on any atom is -0.489 e. The van der Waals surface area contributed by atoms with Crippen LogP contribution in [0.1, 0.15) is 21.5 Å². The Morgan fingerprint density at radius 2 is 1.95 bits per heavy atom. The lowest BCUT2D eigenvalue weighted by Crippen LogP contribution is -2.05. The molecule has 0 aliphatic carbocycles.